The Morgan fingerprint density at radius 1 is 0.821 bits per heavy atom. The van der Waals surface area contributed by atoms with E-state index in [4.69, 9.17) is 0 Å². The van der Waals surface area contributed by atoms with Gasteiger partial charge in [0.2, 0.25) is 0 Å². The van der Waals surface area contributed by atoms with Crippen molar-refractivity contribution in [2.24, 2.45) is 0 Å². The van der Waals surface area contributed by atoms with E-state index >= 15 is 0 Å². The van der Waals surface area contributed by atoms with Gasteiger partial charge in [0.05, 0.1) is 0 Å². The minimum absolute atomic E-state index is 0.0348. The maximum Gasteiger partial charge on any atom is 0.387 e. The number of ether oxygens (including phenoxy) is 1. The van der Waals surface area contributed by atoms with E-state index in [1.54, 1.807) is 36.4 Å². The Balaban J connectivity index is 1.65. The number of carbonyl (C=O) groups is 2. The van der Waals surface area contributed by atoms with Crippen molar-refractivity contribution in [1.29, 1.82) is 0 Å². The van der Waals surface area contributed by atoms with E-state index < -0.39 is 12.5 Å². The van der Waals surface area contributed by atoms with Crippen LogP contribution in [-0.2, 0) is 0 Å². The summed E-state index contributed by atoms with van der Waals surface area (Å²) in [5.74, 6) is -0.769. The predicted molar refractivity (Wildman–Crippen MR) is 99.7 cm³/mol. The highest BCUT2D eigenvalue weighted by Gasteiger charge is 2.10. The summed E-state index contributed by atoms with van der Waals surface area (Å²) in [6.45, 7) is -2.93. The van der Waals surface area contributed by atoms with E-state index in [1.807, 2.05) is 0 Å². The lowest BCUT2D eigenvalue weighted by molar-refractivity contribution is -0.0498. The van der Waals surface area contributed by atoms with Crippen LogP contribution in [0.25, 0.3) is 0 Å². The van der Waals surface area contributed by atoms with Gasteiger partial charge in [0.15, 0.2) is 0 Å². The number of amides is 2. The molecule has 0 radical (unpaired) electrons. The Labute approximate surface area is 159 Å². The smallest absolute Gasteiger partial charge is 0.387 e. The van der Waals surface area contributed by atoms with Gasteiger partial charge in [0, 0.05) is 34.9 Å². The van der Waals surface area contributed by atoms with Gasteiger partial charge in [0.25, 0.3) is 11.8 Å². The van der Waals surface area contributed by atoms with E-state index in [0.29, 0.717) is 16.9 Å². The summed E-state index contributed by atoms with van der Waals surface area (Å²) in [5.41, 5.74) is 1.69. The Hall–Kier alpha value is -3.81. The molecule has 1 heterocycles. The SMILES string of the molecule is O=C(Nc1cccc(NC(=O)c2ccc(OC(F)F)cc2)c1)c1ccncc1. The van der Waals surface area contributed by atoms with Crippen LogP contribution in [0, 0.1) is 0 Å². The summed E-state index contributed by atoms with van der Waals surface area (Å²) in [6.07, 6.45) is 3.03. The average Bonchev–Trinajstić information content (AvgIpc) is 2.69. The topological polar surface area (TPSA) is 80.3 Å². The van der Waals surface area contributed by atoms with Crippen molar-refractivity contribution in [3.63, 3.8) is 0 Å². The number of aromatic nitrogens is 1. The Morgan fingerprint density at radius 2 is 1.36 bits per heavy atom. The van der Waals surface area contributed by atoms with Gasteiger partial charge in [-0.3, -0.25) is 14.6 Å². The minimum Gasteiger partial charge on any atom is -0.435 e. The third-order valence-corrected chi connectivity index (χ3v) is 3.66. The molecule has 6 nitrogen and oxygen atoms in total. The molecular weight excluding hydrogens is 368 g/mol. The van der Waals surface area contributed by atoms with Gasteiger partial charge in [-0.1, -0.05) is 6.07 Å². The molecule has 0 saturated carbocycles. The molecule has 0 aliphatic heterocycles. The zero-order valence-corrected chi connectivity index (χ0v) is 14.4. The molecule has 0 aliphatic rings. The average molecular weight is 383 g/mol. The molecule has 3 aromatic rings. The number of anilines is 2. The van der Waals surface area contributed by atoms with Gasteiger partial charge in [-0.05, 0) is 54.6 Å². The zero-order valence-electron chi connectivity index (χ0n) is 14.4. The van der Waals surface area contributed by atoms with Crippen molar-refractivity contribution in [3.8, 4) is 5.75 Å². The molecule has 0 atom stereocenters. The van der Waals surface area contributed by atoms with Gasteiger partial charge in [-0.2, -0.15) is 8.78 Å². The molecule has 0 saturated heterocycles. The second-order valence-corrected chi connectivity index (χ2v) is 5.63. The van der Waals surface area contributed by atoms with Crippen molar-refractivity contribution >= 4 is 23.2 Å². The molecule has 3 rings (SSSR count). The fraction of sp³-hybridized carbons (Fsp3) is 0.0500. The Morgan fingerprint density at radius 3 is 1.89 bits per heavy atom. The van der Waals surface area contributed by atoms with Gasteiger partial charge in [-0.15, -0.1) is 0 Å². The predicted octanol–water partition coefficient (Wildman–Crippen LogP) is 4.19. The molecule has 1 aromatic heterocycles. The quantitative estimate of drug-likeness (QED) is 0.669. The van der Waals surface area contributed by atoms with E-state index in [2.05, 4.69) is 20.4 Å². The number of hydrogen-bond acceptors (Lipinski definition) is 4. The third kappa shape index (κ3) is 5.10. The first-order chi connectivity index (χ1) is 13.5. The second-order valence-electron chi connectivity index (χ2n) is 5.63. The number of hydrogen-bond donors (Lipinski definition) is 2. The van der Waals surface area contributed by atoms with Gasteiger partial charge in [0.1, 0.15) is 5.75 Å². The monoisotopic (exact) mass is 383 g/mol. The fourth-order valence-electron chi connectivity index (χ4n) is 2.37. The Kier molecular flexibility index (Phi) is 5.91. The summed E-state index contributed by atoms with van der Waals surface area (Å²) in [7, 11) is 0. The van der Waals surface area contributed by atoms with E-state index in [9.17, 15) is 18.4 Å². The number of nitrogens with zero attached hydrogens (tertiary/aromatic N) is 1. The molecule has 2 N–H and O–H groups in total. The number of halogens is 2. The molecule has 8 heteroatoms. The normalized spacial score (nSPS) is 10.4. The maximum atomic E-state index is 12.3. The fourth-order valence-corrected chi connectivity index (χ4v) is 2.37. The van der Waals surface area contributed by atoms with E-state index in [0.717, 1.165) is 0 Å². The van der Waals surface area contributed by atoms with Crippen LogP contribution >= 0.6 is 0 Å². The molecular formula is C20H15F2N3O3. The molecule has 0 unspecified atom stereocenters. The number of nitrogens with one attached hydrogen (secondary N) is 2. The van der Waals surface area contributed by atoms with Gasteiger partial charge in [-0.25, -0.2) is 0 Å². The second kappa shape index (κ2) is 8.72. The van der Waals surface area contributed by atoms with Gasteiger partial charge >= 0.3 is 6.61 Å². The molecule has 0 aliphatic carbocycles. The highest BCUT2D eigenvalue weighted by atomic mass is 19.3. The van der Waals surface area contributed by atoms with Crippen LogP contribution in [0.5, 0.6) is 5.75 Å². The summed E-state index contributed by atoms with van der Waals surface area (Å²) in [5, 5.41) is 5.41. The summed E-state index contributed by atoms with van der Waals surface area (Å²) in [4.78, 5) is 28.4. The van der Waals surface area contributed by atoms with Crippen LogP contribution in [0.2, 0.25) is 0 Å². The molecule has 28 heavy (non-hydrogen) atoms. The maximum absolute atomic E-state index is 12.3. The first-order valence-electron chi connectivity index (χ1n) is 8.19. The number of benzene rings is 2. The molecule has 2 aromatic carbocycles. The van der Waals surface area contributed by atoms with Crippen LogP contribution in [0.15, 0.2) is 73.1 Å². The van der Waals surface area contributed by atoms with Crippen LogP contribution in [0.4, 0.5) is 20.2 Å². The van der Waals surface area contributed by atoms with Crippen LogP contribution in [0.1, 0.15) is 20.7 Å². The number of carbonyl (C=O) groups excluding carboxylic acids is 2. The van der Waals surface area contributed by atoms with Crippen molar-refractivity contribution < 1.29 is 23.1 Å². The van der Waals surface area contributed by atoms with Crippen molar-refractivity contribution in [3.05, 3.63) is 84.2 Å². The standard InChI is InChI=1S/C20H15F2N3O3/c21-20(22)28-17-6-4-13(5-7-17)18(26)24-15-2-1-3-16(12-15)25-19(27)14-8-10-23-11-9-14/h1-12,20H,(H,24,26)(H,25,27). The van der Waals surface area contributed by atoms with E-state index in [-0.39, 0.29) is 17.2 Å². The summed E-state index contributed by atoms with van der Waals surface area (Å²) < 4.78 is 28.6. The lowest BCUT2D eigenvalue weighted by Gasteiger charge is -2.09. The molecule has 0 fully saturated rings. The molecule has 0 bridgehead atoms. The van der Waals surface area contributed by atoms with E-state index in [1.165, 1.54) is 36.7 Å². The zero-order chi connectivity index (χ0) is 19.9. The van der Waals surface area contributed by atoms with Gasteiger partial charge < -0.3 is 15.4 Å². The van der Waals surface area contributed by atoms with Crippen molar-refractivity contribution in [1.82, 2.24) is 4.98 Å². The summed E-state index contributed by atoms with van der Waals surface area (Å²) in [6, 6.07) is 15.1. The number of alkyl halides is 2. The van der Waals surface area contributed by atoms with Crippen molar-refractivity contribution in [2.75, 3.05) is 10.6 Å². The highest BCUT2D eigenvalue weighted by molar-refractivity contribution is 6.06. The van der Waals surface area contributed by atoms with Crippen molar-refractivity contribution in [2.45, 2.75) is 6.61 Å². The molecule has 142 valence electrons. The number of pyridine rings is 1. The lowest BCUT2D eigenvalue weighted by Crippen LogP contribution is -2.14. The number of rotatable bonds is 6. The minimum atomic E-state index is -2.93. The third-order valence-electron chi connectivity index (χ3n) is 3.66. The first-order valence-corrected chi connectivity index (χ1v) is 8.19. The largest absolute Gasteiger partial charge is 0.435 e. The highest BCUT2D eigenvalue weighted by Crippen LogP contribution is 2.19. The van der Waals surface area contributed by atoms with Crippen LogP contribution < -0.4 is 15.4 Å². The van der Waals surface area contributed by atoms with Crippen LogP contribution in [-0.4, -0.2) is 23.4 Å². The molecule has 2 amide bonds. The molecule has 0 spiro atoms. The Bertz CT molecular complexity index is 964. The lowest BCUT2D eigenvalue weighted by atomic mass is 10.2. The van der Waals surface area contributed by atoms with Crippen LogP contribution in [0.3, 0.4) is 0 Å². The first kappa shape index (κ1) is 19.0. The summed E-state index contributed by atoms with van der Waals surface area (Å²) >= 11 is 0.